The highest BCUT2D eigenvalue weighted by Gasteiger charge is 2.69. The molecule has 3 rings (SSSR count). The van der Waals surface area contributed by atoms with E-state index in [1.54, 1.807) is 5.30 Å². The van der Waals surface area contributed by atoms with E-state index in [4.69, 9.17) is 0 Å². The summed E-state index contributed by atoms with van der Waals surface area (Å²) in [4.78, 5) is 11.5. The lowest BCUT2D eigenvalue weighted by Gasteiger charge is -2.35. The third-order valence-electron chi connectivity index (χ3n) is 9.66. The summed E-state index contributed by atoms with van der Waals surface area (Å²) in [5.41, 5.74) is 1.36. The molecule has 0 spiro atoms. The van der Waals surface area contributed by atoms with Crippen LogP contribution < -0.4 is 5.30 Å². The van der Waals surface area contributed by atoms with Crippen molar-refractivity contribution in [3.05, 3.63) is 30.3 Å². The summed E-state index contributed by atoms with van der Waals surface area (Å²) in [6, 6.07) is 18.5. The fraction of sp³-hybridized carbons (Fsp3) is 0.833. The second-order valence-electron chi connectivity index (χ2n) is 15.2. The lowest BCUT2D eigenvalue weighted by atomic mass is 10.2. The molecule has 2 saturated carbocycles. The fourth-order valence-electron chi connectivity index (χ4n) is 8.88. The van der Waals surface area contributed by atoms with Gasteiger partial charge < -0.3 is 0 Å². The zero-order chi connectivity index (χ0) is 31.1. The van der Waals surface area contributed by atoms with Gasteiger partial charge in [0.05, 0.1) is 0 Å². The monoisotopic (exact) mass is 587 g/mol. The van der Waals surface area contributed by atoms with E-state index in [1.165, 1.54) is 0 Å². The normalized spacial score (nSPS) is 27.6. The minimum absolute atomic E-state index is 0.403. The van der Waals surface area contributed by atoms with Crippen LogP contribution in [0.5, 0.6) is 0 Å². The number of rotatable bonds is 15. The van der Waals surface area contributed by atoms with Gasteiger partial charge in [0.15, 0.2) is 0 Å². The van der Waals surface area contributed by atoms with Crippen molar-refractivity contribution >= 4 is 13.2 Å². The number of hydrogen-bond acceptors (Lipinski definition) is 4. The quantitative estimate of drug-likeness (QED) is 0.197. The number of nitrogens with zero attached hydrogens (tertiary/aromatic N) is 4. The Labute approximate surface area is 257 Å². The van der Waals surface area contributed by atoms with Gasteiger partial charge in [-0.2, -0.15) is 0 Å². The van der Waals surface area contributed by atoms with Gasteiger partial charge >= 0.3 is 0 Å². The fourth-order valence-corrected chi connectivity index (χ4v) is 12.9. The van der Waals surface area contributed by atoms with Crippen molar-refractivity contribution < 1.29 is 0 Å². The van der Waals surface area contributed by atoms with Gasteiger partial charge in [0.1, 0.15) is 0 Å². The SMILES string of the molecule is CC(C)N(C(C)C)C1C(N(C(C)C)C(C)C)C1P(c1ccccc1)C1C(N(C(C)C)C(C)C)C1N(C(C)C)C(C)C. The van der Waals surface area contributed by atoms with E-state index < -0.39 is 7.92 Å². The topological polar surface area (TPSA) is 13.0 Å². The first-order chi connectivity index (χ1) is 19.1. The molecule has 0 aromatic heterocycles. The van der Waals surface area contributed by atoms with Gasteiger partial charge in [-0.15, -0.1) is 0 Å². The average Bonchev–Trinajstić information content (AvgIpc) is 3.70. The standard InChI is InChI=1S/C36H67N4P/c1-22(2)37(23(3)4)31-32(38(24(5)6)25(7)8)35(31)41(30-20-18-17-19-21-30)36-33(39(26(9)10)27(11)12)34(36)40(28(13)14)29(15)16/h17-29,31-36H,1-16H3. The Balaban J connectivity index is 2.24. The molecule has 0 aliphatic heterocycles. The van der Waals surface area contributed by atoms with Gasteiger partial charge in [-0.1, -0.05) is 38.3 Å². The average molecular weight is 587 g/mol. The van der Waals surface area contributed by atoms with E-state index in [0.717, 1.165) is 0 Å². The molecule has 0 bridgehead atoms. The Hall–Kier alpha value is -0.510. The Morgan fingerprint density at radius 2 is 0.610 bits per heavy atom. The molecular formula is C36H67N4P. The molecule has 0 heterocycles. The summed E-state index contributed by atoms with van der Waals surface area (Å²) >= 11 is 0. The van der Waals surface area contributed by atoms with Gasteiger partial charge in [-0.05, 0) is 116 Å². The van der Waals surface area contributed by atoms with E-state index in [-0.39, 0.29) is 0 Å². The van der Waals surface area contributed by atoms with E-state index in [2.05, 4.69) is 161 Å². The molecule has 2 aliphatic rings. The first-order valence-electron chi connectivity index (χ1n) is 17.0. The lowest BCUT2D eigenvalue weighted by molar-refractivity contribution is 0.108. The van der Waals surface area contributed by atoms with E-state index in [9.17, 15) is 0 Å². The summed E-state index contributed by atoms with van der Waals surface area (Å²) < 4.78 is 0. The molecule has 1 aromatic rings. The summed E-state index contributed by atoms with van der Waals surface area (Å²) in [6.45, 7) is 38.8. The smallest absolute Gasteiger partial charge is 0.0350 e. The van der Waals surface area contributed by atoms with Crippen LogP contribution in [0.15, 0.2) is 30.3 Å². The maximum Gasteiger partial charge on any atom is 0.0350 e. The summed E-state index contributed by atoms with van der Waals surface area (Å²) in [6.07, 6.45) is 0. The van der Waals surface area contributed by atoms with Crippen LogP contribution in [0.2, 0.25) is 0 Å². The van der Waals surface area contributed by atoms with E-state index in [1.807, 2.05) is 0 Å². The second kappa shape index (κ2) is 14.1. The number of benzene rings is 1. The lowest BCUT2D eigenvalue weighted by Crippen LogP contribution is -2.46. The first-order valence-corrected chi connectivity index (χ1v) is 18.5. The van der Waals surface area contributed by atoms with Crippen LogP contribution in [0, 0.1) is 0 Å². The molecule has 0 amide bonds. The summed E-state index contributed by atoms with van der Waals surface area (Å²) in [7, 11) is -0.403. The van der Waals surface area contributed by atoms with Crippen LogP contribution in [-0.4, -0.2) is 103 Å². The zero-order valence-electron chi connectivity index (χ0n) is 29.7. The predicted octanol–water partition coefficient (Wildman–Crippen LogP) is 7.51. The molecular weight excluding hydrogens is 519 g/mol. The molecule has 41 heavy (non-hydrogen) atoms. The Kier molecular flexibility index (Phi) is 12.0. The van der Waals surface area contributed by atoms with Gasteiger partial charge in [-0.3, -0.25) is 19.6 Å². The third-order valence-corrected chi connectivity index (χ3v) is 13.1. The molecule has 0 N–H and O–H groups in total. The molecule has 4 atom stereocenters. The summed E-state index contributed by atoms with van der Waals surface area (Å²) in [5.74, 6) is 0. The minimum Gasteiger partial charge on any atom is -0.293 e. The van der Waals surface area contributed by atoms with Crippen molar-refractivity contribution in [1.82, 2.24) is 19.6 Å². The highest BCUT2D eigenvalue weighted by atomic mass is 31.1. The van der Waals surface area contributed by atoms with Crippen LogP contribution in [0.3, 0.4) is 0 Å². The maximum atomic E-state index is 2.88. The largest absolute Gasteiger partial charge is 0.293 e. The van der Waals surface area contributed by atoms with Gasteiger partial charge in [0.2, 0.25) is 0 Å². The van der Waals surface area contributed by atoms with Crippen molar-refractivity contribution in [2.75, 3.05) is 0 Å². The van der Waals surface area contributed by atoms with E-state index >= 15 is 0 Å². The molecule has 4 unspecified atom stereocenters. The second-order valence-corrected chi connectivity index (χ2v) is 17.7. The maximum absolute atomic E-state index is 2.88. The van der Waals surface area contributed by atoms with Crippen LogP contribution >= 0.6 is 7.92 Å². The summed E-state index contributed by atoms with van der Waals surface area (Å²) in [5, 5.41) is 1.62. The van der Waals surface area contributed by atoms with Crippen LogP contribution in [0.25, 0.3) is 0 Å². The van der Waals surface area contributed by atoms with Crippen molar-refractivity contribution in [2.24, 2.45) is 0 Å². The molecule has 0 radical (unpaired) electrons. The Bertz CT molecular complexity index is 787. The molecule has 5 heteroatoms. The first kappa shape index (κ1) is 35.0. The molecule has 4 nitrogen and oxygen atoms in total. The predicted molar refractivity (Wildman–Crippen MR) is 184 cm³/mol. The van der Waals surface area contributed by atoms with Crippen molar-refractivity contribution in [1.29, 1.82) is 0 Å². The van der Waals surface area contributed by atoms with Crippen LogP contribution in [0.4, 0.5) is 0 Å². The Morgan fingerprint density at radius 3 is 0.805 bits per heavy atom. The van der Waals surface area contributed by atoms with Crippen molar-refractivity contribution in [3.63, 3.8) is 0 Å². The third kappa shape index (κ3) is 7.25. The minimum atomic E-state index is -0.403. The van der Waals surface area contributed by atoms with E-state index in [0.29, 0.717) is 83.8 Å². The highest BCUT2D eigenvalue weighted by Crippen LogP contribution is 2.68. The van der Waals surface area contributed by atoms with Crippen molar-refractivity contribution in [2.45, 2.75) is 195 Å². The molecule has 236 valence electrons. The van der Waals surface area contributed by atoms with Crippen LogP contribution in [-0.2, 0) is 0 Å². The van der Waals surface area contributed by atoms with Gasteiger partial charge in [0.25, 0.3) is 0 Å². The van der Waals surface area contributed by atoms with Crippen LogP contribution in [0.1, 0.15) is 111 Å². The molecule has 2 fully saturated rings. The number of hydrogen-bond donors (Lipinski definition) is 0. The zero-order valence-corrected chi connectivity index (χ0v) is 30.6. The van der Waals surface area contributed by atoms with Gasteiger partial charge in [0, 0.05) is 83.8 Å². The molecule has 1 aromatic carbocycles. The molecule has 0 saturated heterocycles. The van der Waals surface area contributed by atoms with Gasteiger partial charge in [-0.25, -0.2) is 0 Å². The Morgan fingerprint density at radius 1 is 0.390 bits per heavy atom. The highest BCUT2D eigenvalue weighted by molar-refractivity contribution is 7.68. The molecule has 2 aliphatic carbocycles. The van der Waals surface area contributed by atoms with Crippen molar-refractivity contribution in [3.8, 4) is 0 Å².